The van der Waals surface area contributed by atoms with Crippen LogP contribution in [0.25, 0.3) is 0 Å². The Morgan fingerprint density at radius 2 is 1.59 bits per heavy atom. The molecule has 49 heavy (non-hydrogen) atoms. The normalized spacial score (nSPS) is 32.0. The van der Waals surface area contributed by atoms with Crippen molar-refractivity contribution in [1.82, 2.24) is 0 Å². The van der Waals surface area contributed by atoms with Crippen molar-refractivity contribution in [3.8, 4) is 0 Å². The highest BCUT2D eigenvalue weighted by molar-refractivity contribution is 6.18. The highest BCUT2D eigenvalue weighted by Gasteiger charge is 2.68. The van der Waals surface area contributed by atoms with Gasteiger partial charge in [0.1, 0.15) is 0 Å². The number of carbonyl (C=O) groups excluding carboxylic acids is 4. The molecule has 270 valence electrons. The monoisotopic (exact) mass is 715 g/mol. The summed E-state index contributed by atoms with van der Waals surface area (Å²) in [5, 5.41) is 0. The van der Waals surface area contributed by atoms with Gasteiger partial charge in [-0.15, -0.1) is 23.2 Å². The second kappa shape index (κ2) is 15.9. The van der Waals surface area contributed by atoms with Gasteiger partial charge in [0, 0.05) is 55.2 Å². The molecule has 0 saturated heterocycles. The molecule has 0 bridgehead atoms. The number of fused-ring (bicyclic) bond motifs is 5. The lowest BCUT2D eigenvalue weighted by Gasteiger charge is -2.60. The fourth-order valence-electron chi connectivity index (χ4n) is 10.4. The summed E-state index contributed by atoms with van der Waals surface area (Å²) in [5.74, 6) is 2.13. The minimum absolute atomic E-state index is 0.0236. The van der Waals surface area contributed by atoms with E-state index < -0.39 is 17.0 Å². The van der Waals surface area contributed by atoms with E-state index in [1.165, 1.54) is 5.57 Å². The van der Waals surface area contributed by atoms with E-state index in [1.807, 2.05) is 6.08 Å². The largest absolute Gasteiger partial charge is 0.466 e. The van der Waals surface area contributed by atoms with Crippen molar-refractivity contribution in [3.05, 3.63) is 41.5 Å². The zero-order valence-electron chi connectivity index (χ0n) is 29.9. The summed E-state index contributed by atoms with van der Waals surface area (Å²) in [7, 11) is 0. The van der Waals surface area contributed by atoms with Crippen LogP contribution in [0.4, 0.5) is 5.69 Å². The van der Waals surface area contributed by atoms with Crippen LogP contribution in [0.2, 0.25) is 0 Å². The van der Waals surface area contributed by atoms with Crippen molar-refractivity contribution >= 4 is 52.4 Å². The number of benzene rings is 1. The molecule has 3 saturated carbocycles. The molecule has 0 N–H and O–H groups in total. The highest BCUT2D eigenvalue weighted by atomic mass is 35.5. The summed E-state index contributed by atoms with van der Waals surface area (Å²) >= 11 is 11.8. The standard InChI is InChI=1S/C40H55Cl2NO6/c1-27-25-32-33(38(3)17-14-31(45)26-35(27)38)15-18-39(4)34(32)16-19-40(39,28(2)44)49-37(47)9-6-24-48-36(46)8-5-7-29-10-12-30(13-11-29)43(22-20-41)23-21-42/h10-13,26-27,32-34H,5-9,14-25H2,1-4H3/t27?,32-,33+,34+,38-,39+,40+/m1/s1. The number of Topliss-reactive ketones (excluding diaryl/α,β-unsaturated/α-hetero) is 1. The summed E-state index contributed by atoms with van der Waals surface area (Å²) in [5.41, 5.74) is 2.04. The van der Waals surface area contributed by atoms with Crippen LogP contribution in [-0.4, -0.2) is 60.6 Å². The molecule has 4 aliphatic carbocycles. The van der Waals surface area contributed by atoms with Crippen LogP contribution in [0.1, 0.15) is 104 Å². The molecule has 1 aromatic rings. The molecular weight excluding hydrogens is 661 g/mol. The van der Waals surface area contributed by atoms with Crippen molar-refractivity contribution in [2.75, 3.05) is 36.4 Å². The predicted molar refractivity (Wildman–Crippen MR) is 194 cm³/mol. The third-order valence-corrected chi connectivity index (χ3v) is 13.2. The van der Waals surface area contributed by atoms with Crippen LogP contribution in [-0.2, 0) is 35.1 Å². The van der Waals surface area contributed by atoms with E-state index in [9.17, 15) is 19.2 Å². The Kier molecular flexibility index (Phi) is 12.3. The molecule has 1 unspecified atom stereocenters. The molecule has 0 amide bonds. The Morgan fingerprint density at radius 3 is 2.27 bits per heavy atom. The summed E-state index contributed by atoms with van der Waals surface area (Å²) in [6.45, 7) is 10.0. The van der Waals surface area contributed by atoms with Gasteiger partial charge in [-0.2, -0.15) is 0 Å². The van der Waals surface area contributed by atoms with Crippen LogP contribution < -0.4 is 4.90 Å². The first-order valence-corrected chi connectivity index (χ1v) is 19.5. The summed E-state index contributed by atoms with van der Waals surface area (Å²) in [6.07, 6.45) is 9.90. The lowest BCUT2D eigenvalue weighted by molar-refractivity contribution is -0.189. The van der Waals surface area contributed by atoms with Gasteiger partial charge in [-0.1, -0.05) is 38.5 Å². The molecule has 7 nitrogen and oxygen atoms in total. The Bertz CT molecular complexity index is 1410. The molecule has 4 aliphatic rings. The lowest BCUT2D eigenvalue weighted by atomic mass is 9.44. The van der Waals surface area contributed by atoms with Gasteiger partial charge >= 0.3 is 11.9 Å². The van der Waals surface area contributed by atoms with Gasteiger partial charge in [0.25, 0.3) is 0 Å². The van der Waals surface area contributed by atoms with E-state index in [4.69, 9.17) is 32.7 Å². The van der Waals surface area contributed by atoms with Gasteiger partial charge < -0.3 is 14.4 Å². The first kappa shape index (κ1) is 37.9. The summed E-state index contributed by atoms with van der Waals surface area (Å²) in [6, 6.07) is 8.25. The van der Waals surface area contributed by atoms with E-state index in [1.54, 1.807) is 6.92 Å². The molecule has 0 aliphatic heterocycles. The van der Waals surface area contributed by atoms with Crippen molar-refractivity contribution in [2.24, 2.45) is 34.5 Å². The Balaban J connectivity index is 1.09. The number of aryl methyl sites for hydroxylation is 1. The van der Waals surface area contributed by atoms with E-state index >= 15 is 0 Å². The first-order chi connectivity index (χ1) is 23.4. The number of carbonyl (C=O) groups is 4. The quantitative estimate of drug-likeness (QED) is 0.103. The molecule has 5 rings (SSSR count). The highest BCUT2D eigenvalue weighted by Crippen LogP contribution is 2.69. The molecule has 3 fully saturated rings. The number of rotatable bonds is 15. The second-order valence-corrected chi connectivity index (χ2v) is 16.3. The zero-order chi connectivity index (χ0) is 35.4. The molecular formula is C40H55Cl2NO6. The maximum atomic E-state index is 13.4. The van der Waals surface area contributed by atoms with Gasteiger partial charge in [0.2, 0.25) is 0 Å². The number of halogens is 2. The van der Waals surface area contributed by atoms with E-state index in [2.05, 4.69) is 49.9 Å². The summed E-state index contributed by atoms with van der Waals surface area (Å²) in [4.78, 5) is 53.6. The summed E-state index contributed by atoms with van der Waals surface area (Å²) < 4.78 is 11.7. The lowest BCUT2D eigenvalue weighted by Crippen LogP contribution is -2.59. The molecule has 9 heteroatoms. The van der Waals surface area contributed by atoms with Crippen molar-refractivity contribution in [3.63, 3.8) is 0 Å². The second-order valence-electron chi connectivity index (χ2n) is 15.6. The number of ether oxygens (including phenoxy) is 2. The number of nitrogens with zero attached hydrogens (tertiary/aromatic N) is 1. The van der Waals surface area contributed by atoms with Crippen LogP contribution in [0.15, 0.2) is 35.9 Å². The number of alkyl halides is 2. The molecule has 1 aromatic carbocycles. The molecule has 0 spiro atoms. The SMILES string of the molecule is CC(=O)[C@@]1(OC(=O)CCCOC(=O)CCCc2ccc(N(CCCl)CCCl)cc2)CC[C@H]2[C@@H]3CC(C)C4=CC(=O)CC[C@]4(C)[C@H]3CC[C@@]21C. The molecule has 0 radical (unpaired) electrons. The Labute approximate surface area is 302 Å². The number of anilines is 1. The van der Waals surface area contributed by atoms with Crippen LogP contribution in [0.3, 0.4) is 0 Å². The first-order valence-electron chi connectivity index (χ1n) is 18.5. The maximum Gasteiger partial charge on any atom is 0.306 e. The van der Waals surface area contributed by atoms with Gasteiger partial charge in [0.15, 0.2) is 17.2 Å². The number of hydrogen-bond donors (Lipinski definition) is 0. The minimum atomic E-state index is -1.12. The van der Waals surface area contributed by atoms with E-state index in [0.29, 0.717) is 67.5 Å². The van der Waals surface area contributed by atoms with Gasteiger partial charge in [-0.25, -0.2) is 0 Å². The fraction of sp³-hybridized carbons (Fsp3) is 0.700. The maximum absolute atomic E-state index is 13.4. The number of ketones is 2. The topological polar surface area (TPSA) is 90.0 Å². The van der Waals surface area contributed by atoms with Crippen LogP contribution >= 0.6 is 23.2 Å². The minimum Gasteiger partial charge on any atom is -0.466 e. The third-order valence-electron chi connectivity index (χ3n) is 12.9. The Morgan fingerprint density at radius 1 is 0.918 bits per heavy atom. The Hall–Kier alpha value is -2.38. The number of hydrogen-bond acceptors (Lipinski definition) is 7. The third kappa shape index (κ3) is 7.64. The molecule has 0 heterocycles. The molecule has 0 aromatic heterocycles. The molecule has 7 atom stereocenters. The predicted octanol–water partition coefficient (Wildman–Crippen LogP) is 8.27. The van der Waals surface area contributed by atoms with Gasteiger partial charge in [-0.3, -0.25) is 19.2 Å². The van der Waals surface area contributed by atoms with E-state index in [0.717, 1.165) is 62.9 Å². The average molecular weight is 717 g/mol. The van der Waals surface area contributed by atoms with Crippen LogP contribution in [0.5, 0.6) is 0 Å². The van der Waals surface area contributed by atoms with Crippen LogP contribution in [0, 0.1) is 34.5 Å². The number of esters is 2. The van der Waals surface area contributed by atoms with Crippen molar-refractivity contribution in [2.45, 2.75) is 110 Å². The fourth-order valence-corrected chi connectivity index (χ4v) is 10.8. The zero-order valence-corrected chi connectivity index (χ0v) is 31.4. The average Bonchev–Trinajstić information content (AvgIpc) is 3.37. The van der Waals surface area contributed by atoms with Crippen molar-refractivity contribution in [1.29, 1.82) is 0 Å². The van der Waals surface area contributed by atoms with Gasteiger partial charge in [0.05, 0.1) is 6.61 Å². The van der Waals surface area contributed by atoms with Gasteiger partial charge in [-0.05, 0) is 118 Å². The number of allylic oxidation sites excluding steroid dienone is 1. The van der Waals surface area contributed by atoms with E-state index in [-0.39, 0.29) is 36.0 Å². The smallest absolute Gasteiger partial charge is 0.306 e. The van der Waals surface area contributed by atoms with Crippen molar-refractivity contribution < 1.29 is 28.7 Å².